The van der Waals surface area contributed by atoms with Crippen LogP contribution in [0.2, 0.25) is 0 Å². The van der Waals surface area contributed by atoms with E-state index in [1.165, 1.54) is 0 Å². The minimum atomic E-state index is -6.38. The van der Waals surface area contributed by atoms with Gasteiger partial charge in [-0.15, -0.1) is 0 Å². The molecule has 1 heterocycles. The Morgan fingerprint density at radius 1 is 0.482 bits per heavy atom. The fraction of sp³-hybridized carbons (Fsp3) is 1.00. The Kier molecular flexibility index (Phi) is 28.8. The first-order valence-electron chi connectivity index (χ1n) is 11.1. The van der Waals surface area contributed by atoms with Crippen LogP contribution in [0.15, 0.2) is 0 Å². The highest BCUT2D eigenvalue weighted by Gasteiger charge is 2.50. The third kappa shape index (κ3) is 29.4. The van der Waals surface area contributed by atoms with Gasteiger partial charge in [-0.1, -0.05) is 9.35 Å². The van der Waals surface area contributed by atoms with Gasteiger partial charge in [-0.05, 0) is 131 Å². The fourth-order valence-electron chi connectivity index (χ4n) is 2.36. The lowest BCUT2D eigenvalue weighted by atomic mass is 10.0. The van der Waals surface area contributed by atoms with Gasteiger partial charge in [0.25, 0.3) is 0 Å². The molecule has 336 valence electrons. The van der Waals surface area contributed by atoms with Gasteiger partial charge in [0, 0.05) is 0 Å². The predicted octanol–water partition coefficient (Wildman–Crippen LogP) is -7.91. The van der Waals surface area contributed by atoms with Gasteiger partial charge in [0.15, 0.2) is 0 Å². The van der Waals surface area contributed by atoms with E-state index in [1.54, 1.807) is 0 Å². The van der Waals surface area contributed by atoms with Crippen LogP contribution in [0.5, 0.6) is 0 Å². The van der Waals surface area contributed by atoms with E-state index >= 15 is 0 Å². The third-order valence-electron chi connectivity index (χ3n) is 3.63. The van der Waals surface area contributed by atoms with Gasteiger partial charge in [0.05, 0.1) is 36.7 Å². The summed E-state index contributed by atoms with van der Waals surface area (Å²) in [5, 5.41) is 108. The average Bonchev–Trinajstić information content (AvgIpc) is 3.10. The van der Waals surface area contributed by atoms with E-state index in [-0.39, 0.29) is 0 Å². The number of phosphoric ester groups is 3. The smallest absolute Gasteiger partial charge is 0.534 e. The van der Waals surface area contributed by atoms with Crippen molar-refractivity contribution in [2.75, 3.05) is 13.2 Å². The topological polar surface area (TPSA) is 564 Å². The standard InChI is InChI=1S/C6H16O46P4/c7-24-26-28-30-32-34-36-38-40-42-44-46-48-50-52-56(18,51-49-47-45-43-41-39-37-35-33-31-29-27-25-8)23-5-3(2-20-53(9,10)11)19-1-4(21-54(12,13)14)6(5)22-55(15,16)17/h3-8H,1-2H2,(H2,9,10,11)(H2,12,13,14)(H2,15,16,17)/p-7/t3?,4?,5-,6+,56?/m0/s1. The summed E-state index contributed by atoms with van der Waals surface area (Å²) in [7, 11) is -24.7. The van der Waals surface area contributed by atoms with E-state index < -0.39 is 68.9 Å². The van der Waals surface area contributed by atoms with Crippen LogP contribution in [0.25, 0.3) is 0 Å². The Morgan fingerprint density at radius 3 is 1.21 bits per heavy atom. The molecule has 5 atom stereocenters. The maximum Gasteiger partial charge on any atom is 0.534 e. The van der Waals surface area contributed by atoms with Crippen molar-refractivity contribution in [3.8, 4) is 0 Å². The molecule has 1 fully saturated rings. The van der Waals surface area contributed by atoms with Gasteiger partial charge >= 0.3 is 7.82 Å². The summed E-state index contributed by atoms with van der Waals surface area (Å²) < 4.78 is 76.2. The fourth-order valence-corrected chi connectivity index (χ4v) is 4.60. The van der Waals surface area contributed by atoms with E-state index in [0.717, 1.165) is 0 Å². The normalized spacial score (nSPS) is 20.7. The first-order valence-corrected chi connectivity index (χ1v) is 16.9. The number of phosphoric acid groups is 4. The molecular weight excluding hydrogens is 932 g/mol. The van der Waals surface area contributed by atoms with Crippen molar-refractivity contribution >= 4 is 31.3 Å². The molecule has 1 aliphatic heterocycles. The van der Waals surface area contributed by atoms with Crippen LogP contribution in [0.1, 0.15) is 0 Å². The summed E-state index contributed by atoms with van der Waals surface area (Å²) in [4.78, 5) is 67.3. The maximum atomic E-state index is 13.2. The minimum absolute atomic E-state index is 1.32. The van der Waals surface area contributed by atoms with Crippen LogP contribution in [-0.4, -0.2) is 42.9 Å². The van der Waals surface area contributed by atoms with Gasteiger partial charge in [-0.25, -0.2) is 9.82 Å². The van der Waals surface area contributed by atoms with Crippen molar-refractivity contribution in [2.24, 2.45) is 0 Å². The second-order valence-corrected chi connectivity index (χ2v) is 11.5. The van der Waals surface area contributed by atoms with E-state index in [0.29, 0.717) is 0 Å². The summed E-state index contributed by atoms with van der Waals surface area (Å²) in [5.74, 6) is 0. The SMILES string of the molecule is O=P([O-])([O-])OCC1OCC(OP(=O)([O-])[O-])[C@@H](OP(=O)([O-])[O-])[C@H]1OP(=O)(OOOOOOOOOOOOOOO)OOOOOOOOOOOOOOO[O-]. The summed E-state index contributed by atoms with van der Waals surface area (Å²) in [5.41, 5.74) is 0. The van der Waals surface area contributed by atoms with Crippen LogP contribution in [-0.2, 0) is 186 Å². The molecule has 0 aromatic carbocycles. The zero-order valence-corrected chi connectivity index (χ0v) is 27.9. The van der Waals surface area contributed by atoms with Crippen LogP contribution in [0, 0.1) is 0 Å². The molecule has 1 rings (SSSR count). The van der Waals surface area contributed by atoms with Gasteiger partial charge in [-0.3, -0.25) is 9.56 Å². The molecule has 0 radical (unpaired) electrons. The lowest BCUT2D eigenvalue weighted by Gasteiger charge is -2.47. The summed E-state index contributed by atoms with van der Waals surface area (Å²) in [6.07, 6.45) is -10.7. The van der Waals surface area contributed by atoms with Crippen LogP contribution in [0.3, 0.4) is 0 Å². The first kappa shape index (κ1) is 53.3. The lowest BCUT2D eigenvalue weighted by molar-refractivity contribution is -0.918. The Balaban J connectivity index is 2.91. The maximum absolute atomic E-state index is 13.2. The molecule has 0 bridgehead atoms. The third-order valence-corrected chi connectivity index (χ3v) is 6.12. The van der Waals surface area contributed by atoms with Crippen molar-refractivity contribution in [3.63, 3.8) is 0 Å². The predicted molar refractivity (Wildman–Crippen MR) is 94.8 cm³/mol. The molecule has 1 saturated heterocycles. The molecule has 0 aliphatic carbocycles. The quantitative estimate of drug-likeness (QED) is 0.0260. The second-order valence-electron chi connectivity index (χ2n) is 6.73. The van der Waals surface area contributed by atoms with Gasteiger partial charge in [0.2, 0.25) is 0 Å². The zero-order chi connectivity index (χ0) is 41.8. The molecule has 0 aromatic heterocycles. The van der Waals surface area contributed by atoms with Gasteiger partial charge in [-0.2, -0.15) is 0 Å². The zero-order valence-electron chi connectivity index (χ0n) is 24.3. The molecule has 56 heavy (non-hydrogen) atoms. The molecule has 46 nitrogen and oxygen atoms in total. The monoisotopic (exact) mass is 941 g/mol. The minimum Gasteiger partial charge on any atom is -0.790 e. The first-order chi connectivity index (χ1) is 26.5. The lowest BCUT2D eigenvalue weighted by Crippen LogP contribution is -2.57. The van der Waals surface area contributed by atoms with E-state index in [4.69, 9.17) is 9.99 Å². The largest absolute Gasteiger partial charge is 0.790 e. The number of rotatable bonds is 38. The molecule has 0 amide bonds. The van der Waals surface area contributed by atoms with Crippen LogP contribution >= 0.6 is 31.3 Å². The van der Waals surface area contributed by atoms with Crippen LogP contribution < -0.4 is 34.6 Å². The molecule has 0 saturated carbocycles. The van der Waals surface area contributed by atoms with Crippen LogP contribution in [0.4, 0.5) is 0 Å². The van der Waals surface area contributed by atoms with Crippen molar-refractivity contribution < 1.29 is 226 Å². The Hall–Kier alpha value is -0.760. The molecular formula is C6H9O46P4-7. The molecule has 50 heteroatoms. The van der Waals surface area contributed by atoms with E-state index in [9.17, 15) is 52.9 Å². The Labute approximate surface area is 296 Å². The van der Waals surface area contributed by atoms with E-state index in [1.807, 2.05) is 0 Å². The highest BCUT2D eigenvalue weighted by atomic mass is 31.2. The van der Waals surface area contributed by atoms with Crippen molar-refractivity contribution in [1.29, 1.82) is 0 Å². The molecule has 0 spiro atoms. The Morgan fingerprint density at radius 2 is 0.857 bits per heavy atom. The number of ether oxygens (including phenoxy) is 1. The summed E-state index contributed by atoms with van der Waals surface area (Å²) in [6.45, 7) is -2.92. The summed E-state index contributed by atoms with van der Waals surface area (Å²) in [6, 6.07) is 0. The molecule has 0 aromatic rings. The summed E-state index contributed by atoms with van der Waals surface area (Å²) >= 11 is 0. The highest BCUT2D eigenvalue weighted by Crippen LogP contribution is 2.54. The molecule has 3 unspecified atom stereocenters. The van der Waals surface area contributed by atoms with Crippen molar-refractivity contribution in [2.45, 2.75) is 24.4 Å². The van der Waals surface area contributed by atoms with E-state index in [2.05, 4.69) is 163 Å². The van der Waals surface area contributed by atoms with Crippen molar-refractivity contribution in [3.05, 3.63) is 0 Å². The second kappa shape index (κ2) is 30.3. The van der Waals surface area contributed by atoms with Gasteiger partial charge < -0.3 is 66.6 Å². The van der Waals surface area contributed by atoms with Gasteiger partial charge in [0.1, 0.15) is 24.4 Å². The number of hydrogen-bond acceptors (Lipinski definition) is 46. The van der Waals surface area contributed by atoms with Crippen molar-refractivity contribution in [1.82, 2.24) is 0 Å². The molecule has 1 aliphatic rings. The molecule has 1 N–H and O–H groups in total. The average molecular weight is 941 g/mol. The number of hydrogen-bond donors (Lipinski definition) is 1. The Bertz CT molecular complexity index is 1140. The highest BCUT2D eigenvalue weighted by molar-refractivity contribution is 7.48.